The standard InChI is InChI=1S/C8H15IN2O/c9-11-3-1-10(2-4-11)5-8-6-12-7-8/h8H,1-7H2. The zero-order valence-electron chi connectivity index (χ0n) is 7.21. The van der Waals surface area contributed by atoms with Crippen molar-refractivity contribution in [2.24, 2.45) is 5.92 Å². The molecule has 2 heterocycles. The summed E-state index contributed by atoms with van der Waals surface area (Å²) < 4.78 is 7.53. The Hall–Kier alpha value is 0.610. The van der Waals surface area contributed by atoms with Gasteiger partial charge < -0.3 is 9.64 Å². The van der Waals surface area contributed by atoms with Gasteiger partial charge in [-0.15, -0.1) is 0 Å². The zero-order chi connectivity index (χ0) is 8.39. The normalized spacial score (nSPS) is 28.8. The zero-order valence-corrected chi connectivity index (χ0v) is 9.37. The number of hydrogen-bond acceptors (Lipinski definition) is 3. The molecule has 0 amide bonds. The molecule has 0 atom stereocenters. The summed E-state index contributed by atoms with van der Waals surface area (Å²) in [4.78, 5) is 2.56. The van der Waals surface area contributed by atoms with E-state index in [-0.39, 0.29) is 0 Å². The fourth-order valence-electron chi connectivity index (χ4n) is 1.66. The van der Waals surface area contributed by atoms with Gasteiger partial charge in [0.2, 0.25) is 0 Å². The average Bonchev–Trinajstić information content (AvgIpc) is 2.00. The van der Waals surface area contributed by atoms with Gasteiger partial charge in [0.25, 0.3) is 0 Å². The molecule has 0 spiro atoms. The minimum absolute atomic E-state index is 0.825. The smallest absolute Gasteiger partial charge is 0.0528 e. The first kappa shape index (κ1) is 9.18. The number of ether oxygens (including phenoxy) is 1. The maximum atomic E-state index is 5.16. The highest BCUT2D eigenvalue weighted by Gasteiger charge is 2.23. The third kappa shape index (κ3) is 2.31. The Morgan fingerprint density at radius 2 is 1.83 bits per heavy atom. The van der Waals surface area contributed by atoms with Crippen LogP contribution in [0.4, 0.5) is 0 Å². The van der Waals surface area contributed by atoms with Gasteiger partial charge in [0.15, 0.2) is 0 Å². The van der Waals surface area contributed by atoms with Crippen molar-refractivity contribution in [3.63, 3.8) is 0 Å². The summed E-state index contributed by atoms with van der Waals surface area (Å²) >= 11 is 2.41. The van der Waals surface area contributed by atoms with Crippen molar-refractivity contribution in [2.45, 2.75) is 0 Å². The van der Waals surface area contributed by atoms with E-state index >= 15 is 0 Å². The lowest BCUT2D eigenvalue weighted by atomic mass is 10.1. The molecule has 2 fully saturated rings. The Labute approximate surface area is 87.5 Å². The van der Waals surface area contributed by atoms with E-state index in [2.05, 4.69) is 30.9 Å². The molecule has 0 aromatic carbocycles. The van der Waals surface area contributed by atoms with Crippen molar-refractivity contribution in [2.75, 3.05) is 45.9 Å². The summed E-state index contributed by atoms with van der Waals surface area (Å²) in [6.45, 7) is 8.14. The SMILES string of the molecule is IN1CCN(CC2COC2)CC1. The quantitative estimate of drug-likeness (QED) is 0.545. The molecule has 0 saturated carbocycles. The molecule has 0 aromatic rings. The number of rotatable bonds is 2. The molecule has 0 aromatic heterocycles. The highest BCUT2D eigenvalue weighted by molar-refractivity contribution is 14.1. The van der Waals surface area contributed by atoms with E-state index in [0.717, 1.165) is 19.1 Å². The summed E-state index contributed by atoms with van der Waals surface area (Å²) in [6.07, 6.45) is 0. The van der Waals surface area contributed by atoms with Crippen LogP contribution in [0.3, 0.4) is 0 Å². The van der Waals surface area contributed by atoms with Gasteiger partial charge in [-0.25, -0.2) is 3.11 Å². The number of halogens is 1. The molecule has 0 aliphatic carbocycles. The molecule has 2 rings (SSSR count). The largest absolute Gasteiger partial charge is 0.381 e. The number of nitrogens with zero attached hydrogens (tertiary/aromatic N) is 2. The monoisotopic (exact) mass is 282 g/mol. The lowest BCUT2D eigenvalue weighted by Crippen LogP contribution is -2.47. The predicted molar refractivity (Wildman–Crippen MR) is 56.3 cm³/mol. The summed E-state index contributed by atoms with van der Waals surface area (Å²) in [6, 6.07) is 0. The van der Waals surface area contributed by atoms with Crippen LogP contribution >= 0.6 is 22.9 Å². The first-order chi connectivity index (χ1) is 5.84. The molecule has 12 heavy (non-hydrogen) atoms. The summed E-state index contributed by atoms with van der Waals surface area (Å²) in [7, 11) is 0. The van der Waals surface area contributed by atoms with Gasteiger partial charge >= 0.3 is 0 Å². The van der Waals surface area contributed by atoms with Crippen LogP contribution in [0.1, 0.15) is 0 Å². The minimum atomic E-state index is 0.825. The second kappa shape index (κ2) is 4.21. The van der Waals surface area contributed by atoms with Crippen molar-refractivity contribution in [1.29, 1.82) is 0 Å². The first-order valence-electron chi connectivity index (χ1n) is 4.55. The lowest BCUT2D eigenvalue weighted by Gasteiger charge is -2.36. The van der Waals surface area contributed by atoms with E-state index in [1.165, 1.54) is 32.7 Å². The predicted octanol–water partition coefficient (Wildman–Crippen LogP) is 0.600. The van der Waals surface area contributed by atoms with E-state index < -0.39 is 0 Å². The Morgan fingerprint density at radius 3 is 2.33 bits per heavy atom. The molecule has 0 N–H and O–H groups in total. The molecule has 0 unspecified atom stereocenters. The van der Waals surface area contributed by atoms with E-state index in [1.54, 1.807) is 0 Å². The second-order valence-corrected chi connectivity index (χ2v) is 4.98. The molecule has 2 aliphatic rings. The molecular weight excluding hydrogens is 267 g/mol. The van der Waals surface area contributed by atoms with Crippen LogP contribution in [0, 0.1) is 5.92 Å². The Kier molecular flexibility index (Phi) is 3.22. The Bertz CT molecular complexity index is 144. The van der Waals surface area contributed by atoms with Crippen molar-refractivity contribution >= 4 is 22.9 Å². The van der Waals surface area contributed by atoms with Gasteiger partial charge in [-0.1, -0.05) is 0 Å². The first-order valence-corrected chi connectivity index (χ1v) is 5.52. The van der Waals surface area contributed by atoms with Crippen molar-refractivity contribution in [3.05, 3.63) is 0 Å². The highest BCUT2D eigenvalue weighted by atomic mass is 127. The van der Waals surface area contributed by atoms with Crippen molar-refractivity contribution in [1.82, 2.24) is 8.01 Å². The van der Waals surface area contributed by atoms with Gasteiger partial charge in [-0.05, 0) is 0 Å². The fourth-order valence-corrected chi connectivity index (χ4v) is 2.09. The number of hydrogen-bond donors (Lipinski definition) is 0. The number of piperazine rings is 1. The molecule has 0 radical (unpaired) electrons. The Morgan fingerprint density at radius 1 is 1.17 bits per heavy atom. The Balaban J connectivity index is 1.67. The molecule has 70 valence electrons. The van der Waals surface area contributed by atoms with Crippen LogP contribution in [0.25, 0.3) is 0 Å². The second-order valence-electron chi connectivity index (χ2n) is 3.61. The molecule has 2 aliphatic heterocycles. The average molecular weight is 282 g/mol. The molecular formula is C8H15IN2O. The van der Waals surface area contributed by atoms with Crippen LogP contribution in [-0.4, -0.2) is 54.0 Å². The topological polar surface area (TPSA) is 15.7 Å². The maximum absolute atomic E-state index is 5.16. The van der Waals surface area contributed by atoms with Gasteiger partial charge in [0, 0.05) is 61.5 Å². The molecule has 2 saturated heterocycles. The van der Waals surface area contributed by atoms with Gasteiger partial charge in [-0.2, -0.15) is 0 Å². The molecule has 3 nitrogen and oxygen atoms in total. The van der Waals surface area contributed by atoms with Gasteiger partial charge in [0.05, 0.1) is 13.2 Å². The van der Waals surface area contributed by atoms with E-state index in [4.69, 9.17) is 4.74 Å². The van der Waals surface area contributed by atoms with Gasteiger partial charge in [-0.3, -0.25) is 0 Å². The van der Waals surface area contributed by atoms with Crippen LogP contribution in [-0.2, 0) is 4.74 Å². The maximum Gasteiger partial charge on any atom is 0.0528 e. The third-order valence-electron chi connectivity index (χ3n) is 2.54. The van der Waals surface area contributed by atoms with Crippen LogP contribution in [0.5, 0.6) is 0 Å². The third-order valence-corrected chi connectivity index (χ3v) is 3.51. The fraction of sp³-hybridized carbons (Fsp3) is 1.00. The summed E-state index contributed by atoms with van der Waals surface area (Å²) in [5, 5.41) is 0. The molecule has 0 bridgehead atoms. The van der Waals surface area contributed by atoms with E-state index in [0.29, 0.717) is 0 Å². The highest BCUT2D eigenvalue weighted by Crippen LogP contribution is 2.14. The summed E-state index contributed by atoms with van der Waals surface area (Å²) in [5.41, 5.74) is 0. The van der Waals surface area contributed by atoms with E-state index in [9.17, 15) is 0 Å². The minimum Gasteiger partial charge on any atom is -0.381 e. The lowest BCUT2D eigenvalue weighted by molar-refractivity contribution is -0.0486. The van der Waals surface area contributed by atoms with E-state index in [1.807, 2.05) is 0 Å². The van der Waals surface area contributed by atoms with Crippen LogP contribution in [0.15, 0.2) is 0 Å². The summed E-state index contributed by atoms with van der Waals surface area (Å²) in [5.74, 6) is 0.825. The van der Waals surface area contributed by atoms with Crippen LogP contribution < -0.4 is 0 Å². The van der Waals surface area contributed by atoms with Gasteiger partial charge in [0.1, 0.15) is 0 Å². The van der Waals surface area contributed by atoms with Crippen LogP contribution in [0.2, 0.25) is 0 Å². The molecule has 4 heteroatoms. The van der Waals surface area contributed by atoms with Crippen molar-refractivity contribution in [3.8, 4) is 0 Å². The van der Waals surface area contributed by atoms with Crippen molar-refractivity contribution < 1.29 is 4.74 Å².